The minimum atomic E-state index is -0.502. The van der Waals surface area contributed by atoms with E-state index < -0.39 is 10.9 Å². The lowest BCUT2D eigenvalue weighted by molar-refractivity contribution is -0.385. The Morgan fingerprint density at radius 3 is 2.73 bits per heavy atom. The van der Waals surface area contributed by atoms with Gasteiger partial charge in [0.25, 0.3) is 5.69 Å². The quantitative estimate of drug-likeness (QED) is 0.444. The highest BCUT2D eigenvalue weighted by atomic mass is 16.7. The van der Waals surface area contributed by atoms with Crippen LogP contribution in [0.1, 0.15) is 16.7 Å². The van der Waals surface area contributed by atoms with Gasteiger partial charge in [-0.25, -0.2) is 0 Å². The molecule has 0 saturated carbocycles. The van der Waals surface area contributed by atoms with Crippen LogP contribution in [0.4, 0.5) is 5.69 Å². The SMILES string of the molecule is COc1ccc(CC(=O)OCc2cc([N+](=O)[O-])cc3c2OCOC3)cc1. The maximum atomic E-state index is 12.1. The van der Waals surface area contributed by atoms with Crippen LogP contribution in [0.5, 0.6) is 11.5 Å². The van der Waals surface area contributed by atoms with Crippen molar-refractivity contribution >= 4 is 11.7 Å². The van der Waals surface area contributed by atoms with E-state index in [1.165, 1.54) is 12.1 Å². The van der Waals surface area contributed by atoms with Gasteiger partial charge in [-0.2, -0.15) is 0 Å². The maximum absolute atomic E-state index is 12.1. The molecule has 0 atom stereocenters. The van der Waals surface area contributed by atoms with Crippen LogP contribution in [0.2, 0.25) is 0 Å². The number of nitro groups is 1. The molecule has 3 rings (SSSR count). The minimum absolute atomic E-state index is 0.0532. The molecule has 1 heterocycles. The van der Waals surface area contributed by atoms with Gasteiger partial charge in [-0.15, -0.1) is 0 Å². The predicted octanol–water partition coefficient (Wildman–Crippen LogP) is 2.76. The third kappa shape index (κ3) is 4.09. The van der Waals surface area contributed by atoms with E-state index >= 15 is 0 Å². The summed E-state index contributed by atoms with van der Waals surface area (Å²) >= 11 is 0. The molecular weight excluding hydrogens is 342 g/mol. The van der Waals surface area contributed by atoms with Crippen LogP contribution in [0.3, 0.4) is 0 Å². The molecule has 8 nitrogen and oxygen atoms in total. The van der Waals surface area contributed by atoms with Gasteiger partial charge in [-0.1, -0.05) is 12.1 Å². The van der Waals surface area contributed by atoms with E-state index in [9.17, 15) is 14.9 Å². The van der Waals surface area contributed by atoms with Gasteiger partial charge in [0.05, 0.1) is 25.1 Å². The molecule has 0 aromatic heterocycles. The molecule has 2 aromatic carbocycles. The molecular formula is C18H17NO7. The number of rotatable bonds is 6. The summed E-state index contributed by atoms with van der Waals surface area (Å²) in [5, 5.41) is 11.1. The average Bonchev–Trinajstić information content (AvgIpc) is 2.66. The molecule has 0 saturated heterocycles. The molecule has 0 aliphatic carbocycles. The average molecular weight is 359 g/mol. The normalized spacial score (nSPS) is 12.7. The number of hydrogen-bond acceptors (Lipinski definition) is 7. The van der Waals surface area contributed by atoms with Crippen molar-refractivity contribution in [1.82, 2.24) is 0 Å². The summed E-state index contributed by atoms with van der Waals surface area (Å²) < 4.78 is 20.9. The van der Waals surface area contributed by atoms with Gasteiger partial charge in [0.15, 0.2) is 6.79 Å². The number of ether oxygens (including phenoxy) is 4. The summed E-state index contributed by atoms with van der Waals surface area (Å²) in [4.78, 5) is 22.6. The Hall–Kier alpha value is -3.13. The van der Waals surface area contributed by atoms with Gasteiger partial charge in [0.1, 0.15) is 18.1 Å². The lowest BCUT2D eigenvalue weighted by Crippen LogP contribution is -2.15. The van der Waals surface area contributed by atoms with Crippen molar-refractivity contribution in [3.05, 3.63) is 63.2 Å². The standard InChI is InChI=1S/C18H17NO7/c1-23-16-4-2-12(3-5-16)6-17(20)25-10-14-8-15(19(21)22)7-13-9-24-11-26-18(13)14/h2-5,7-8H,6,9-11H2,1H3. The summed E-state index contributed by atoms with van der Waals surface area (Å²) in [7, 11) is 1.57. The number of esters is 1. The molecule has 26 heavy (non-hydrogen) atoms. The Morgan fingerprint density at radius 1 is 1.27 bits per heavy atom. The number of carbonyl (C=O) groups is 1. The van der Waals surface area contributed by atoms with Gasteiger partial charge >= 0.3 is 5.97 Å². The number of benzene rings is 2. The molecule has 136 valence electrons. The lowest BCUT2D eigenvalue weighted by atomic mass is 10.1. The first-order chi connectivity index (χ1) is 12.6. The summed E-state index contributed by atoms with van der Waals surface area (Å²) in [6, 6.07) is 9.81. The van der Waals surface area contributed by atoms with Crippen LogP contribution < -0.4 is 9.47 Å². The van der Waals surface area contributed by atoms with Crippen molar-refractivity contribution in [2.24, 2.45) is 0 Å². The number of carbonyl (C=O) groups excluding carboxylic acids is 1. The van der Waals surface area contributed by atoms with E-state index in [0.717, 1.165) is 5.56 Å². The number of hydrogen-bond donors (Lipinski definition) is 0. The van der Waals surface area contributed by atoms with Crippen LogP contribution in [-0.2, 0) is 33.9 Å². The second kappa shape index (κ2) is 7.83. The third-order valence-corrected chi connectivity index (χ3v) is 3.88. The first-order valence-corrected chi connectivity index (χ1v) is 7.86. The van der Waals surface area contributed by atoms with Crippen molar-refractivity contribution in [3.8, 4) is 11.5 Å². The minimum Gasteiger partial charge on any atom is -0.497 e. The van der Waals surface area contributed by atoms with Gasteiger partial charge < -0.3 is 18.9 Å². The molecule has 0 bridgehead atoms. The molecule has 0 radical (unpaired) electrons. The summed E-state index contributed by atoms with van der Waals surface area (Å²) in [6.07, 6.45) is 0.0884. The number of nitrogens with zero attached hydrogens (tertiary/aromatic N) is 1. The van der Waals surface area contributed by atoms with E-state index in [1.54, 1.807) is 31.4 Å². The largest absolute Gasteiger partial charge is 0.497 e. The van der Waals surface area contributed by atoms with Gasteiger partial charge in [-0.3, -0.25) is 14.9 Å². The second-order valence-corrected chi connectivity index (χ2v) is 5.65. The molecule has 0 amide bonds. The zero-order valence-corrected chi connectivity index (χ0v) is 14.1. The third-order valence-electron chi connectivity index (χ3n) is 3.88. The molecule has 0 N–H and O–H groups in total. The molecule has 1 aliphatic heterocycles. The maximum Gasteiger partial charge on any atom is 0.310 e. The lowest BCUT2D eigenvalue weighted by Gasteiger charge is -2.20. The van der Waals surface area contributed by atoms with E-state index in [1.807, 2.05) is 0 Å². The van der Waals surface area contributed by atoms with Crippen LogP contribution in [0.15, 0.2) is 36.4 Å². The van der Waals surface area contributed by atoms with E-state index in [0.29, 0.717) is 22.6 Å². The van der Waals surface area contributed by atoms with Crippen LogP contribution in [0, 0.1) is 10.1 Å². The topological polar surface area (TPSA) is 97.1 Å². The van der Waals surface area contributed by atoms with Crippen molar-refractivity contribution in [2.75, 3.05) is 13.9 Å². The Bertz CT molecular complexity index is 817. The van der Waals surface area contributed by atoms with E-state index in [-0.39, 0.29) is 32.1 Å². The van der Waals surface area contributed by atoms with Crippen molar-refractivity contribution in [1.29, 1.82) is 0 Å². The Kier molecular flexibility index (Phi) is 5.33. The molecule has 8 heteroatoms. The number of nitro benzene ring substituents is 1. The summed E-state index contributed by atoms with van der Waals surface area (Å²) in [5.74, 6) is 0.728. The number of methoxy groups -OCH3 is 1. The number of non-ortho nitro benzene ring substituents is 1. The molecule has 0 spiro atoms. The highest BCUT2D eigenvalue weighted by molar-refractivity contribution is 5.72. The van der Waals surface area contributed by atoms with Crippen molar-refractivity contribution in [3.63, 3.8) is 0 Å². The Balaban J connectivity index is 1.69. The van der Waals surface area contributed by atoms with Crippen molar-refractivity contribution in [2.45, 2.75) is 19.6 Å². The predicted molar refractivity (Wildman–Crippen MR) is 89.9 cm³/mol. The first kappa shape index (κ1) is 17.7. The fraction of sp³-hybridized carbons (Fsp3) is 0.278. The fourth-order valence-corrected chi connectivity index (χ4v) is 2.61. The Morgan fingerprint density at radius 2 is 2.04 bits per heavy atom. The van der Waals surface area contributed by atoms with E-state index in [2.05, 4.69) is 0 Å². The highest BCUT2D eigenvalue weighted by Gasteiger charge is 2.21. The fourth-order valence-electron chi connectivity index (χ4n) is 2.61. The molecule has 1 aliphatic rings. The van der Waals surface area contributed by atoms with Crippen LogP contribution in [0.25, 0.3) is 0 Å². The van der Waals surface area contributed by atoms with Gasteiger partial charge in [0.2, 0.25) is 0 Å². The smallest absolute Gasteiger partial charge is 0.310 e. The number of fused-ring (bicyclic) bond motifs is 1. The molecule has 2 aromatic rings. The molecule has 0 unspecified atom stereocenters. The van der Waals surface area contributed by atoms with Gasteiger partial charge in [-0.05, 0) is 17.7 Å². The second-order valence-electron chi connectivity index (χ2n) is 5.65. The molecule has 0 fully saturated rings. The van der Waals surface area contributed by atoms with E-state index in [4.69, 9.17) is 18.9 Å². The monoisotopic (exact) mass is 359 g/mol. The Labute approximate surface area is 149 Å². The van der Waals surface area contributed by atoms with Crippen molar-refractivity contribution < 1.29 is 28.7 Å². The summed E-state index contributed by atoms with van der Waals surface area (Å²) in [6.45, 7) is 0.153. The zero-order chi connectivity index (χ0) is 18.5. The van der Waals surface area contributed by atoms with Crippen LogP contribution in [-0.4, -0.2) is 24.8 Å². The summed E-state index contributed by atoms with van der Waals surface area (Å²) in [5.41, 5.74) is 1.69. The van der Waals surface area contributed by atoms with Gasteiger partial charge in [0, 0.05) is 23.3 Å². The highest BCUT2D eigenvalue weighted by Crippen LogP contribution is 2.33. The van der Waals surface area contributed by atoms with Crippen LogP contribution >= 0.6 is 0 Å². The zero-order valence-electron chi connectivity index (χ0n) is 14.1. The first-order valence-electron chi connectivity index (χ1n) is 7.86.